The summed E-state index contributed by atoms with van der Waals surface area (Å²) in [5.74, 6) is 0. The maximum absolute atomic E-state index is 7.38. The van der Waals surface area contributed by atoms with E-state index in [1.54, 1.807) is 0 Å². The Hall–Kier alpha value is -0.0325. The Labute approximate surface area is 216 Å². The van der Waals surface area contributed by atoms with Crippen LogP contribution in [-0.2, 0) is 13.3 Å². The van der Waals surface area contributed by atoms with Gasteiger partial charge in [-0.25, -0.2) is 0 Å². The van der Waals surface area contributed by atoms with Crippen LogP contribution >= 0.6 is 0 Å². The van der Waals surface area contributed by atoms with E-state index in [2.05, 4.69) is 124 Å². The zero-order valence-corrected chi connectivity index (χ0v) is 29.0. The Balaban J connectivity index is 3.49. The van der Waals surface area contributed by atoms with Crippen LogP contribution in [0.1, 0.15) is 53.9 Å². The van der Waals surface area contributed by atoms with Gasteiger partial charge in [0.2, 0.25) is 16.6 Å². The molecule has 0 amide bonds. The van der Waals surface area contributed by atoms with Gasteiger partial charge in [-0.15, -0.1) is 0 Å². The maximum Gasteiger partial charge on any atom is 0.229 e. The molecule has 4 atom stereocenters. The molecule has 7 heteroatoms. The molecular weight excluding hydrogens is 485 g/mol. The molecule has 198 valence electrons. The van der Waals surface area contributed by atoms with Crippen LogP contribution in [-0.4, -0.2) is 50.6 Å². The predicted molar refractivity (Wildman–Crippen MR) is 161 cm³/mol. The minimum absolute atomic E-state index is 0.0993. The molecule has 1 aromatic rings. The van der Waals surface area contributed by atoms with Crippen molar-refractivity contribution < 1.29 is 13.3 Å². The lowest BCUT2D eigenvalue weighted by atomic mass is 10.0. The van der Waals surface area contributed by atoms with E-state index in [1.807, 2.05) is 0 Å². The first kappa shape index (κ1) is 32.0. The normalized spacial score (nSPS) is 18.3. The quantitative estimate of drug-likeness (QED) is 0.223. The van der Waals surface area contributed by atoms with Crippen LogP contribution in [0.4, 0.5) is 0 Å². The number of hydrogen-bond donors (Lipinski definition) is 0. The molecule has 0 aromatic heterocycles. The van der Waals surface area contributed by atoms with Crippen molar-refractivity contribution in [2.24, 2.45) is 0 Å². The van der Waals surface area contributed by atoms with Gasteiger partial charge in [0, 0.05) is 10.8 Å². The van der Waals surface area contributed by atoms with E-state index >= 15 is 0 Å². The first-order chi connectivity index (χ1) is 15.4. The van der Waals surface area contributed by atoms with E-state index in [-0.39, 0.29) is 16.9 Å². The second kappa shape index (κ2) is 12.0. The van der Waals surface area contributed by atoms with Gasteiger partial charge >= 0.3 is 0 Å². The highest BCUT2D eigenvalue weighted by Crippen LogP contribution is 2.46. The summed E-state index contributed by atoms with van der Waals surface area (Å²) in [7, 11) is -7.67. The van der Waals surface area contributed by atoms with Crippen molar-refractivity contribution in [2.45, 2.75) is 135 Å². The molecule has 0 spiro atoms. The SMILES string of the molecule is CCC(O[Si](C)(C)C(CC)O[Si](C)(C)C)C(C)(C)[Si](C)(OC(CC)[Si](C)(C)C)c1ccccc1. The summed E-state index contributed by atoms with van der Waals surface area (Å²) < 4.78 is 21.3. The standard InChI is InChI=1S/C27H56O3Si4/c1-15-24(28-33(12,13)26(17-3)29-32(9,10)11)27(4,5)34(14,23-21-19-18-20-22-23)30-25(16-2)31(6,7)8/h18-22,24-26H,15-17H2,1-14H3. The summed E-state index contributed by atoms with van der Waals surface area (Å²) in [6, 6.07) is 11.0. The van der Waals surface area contributed by atoms with Crippen LogP contribution in [0, 0.1) is 0 Å². The fourth-order valence-electron chi connectivity index (χ4n) is 5.14. The molecule has 0 N–H and O–H groups in total. The van der Waals surface area contributed by atoms with E-state index in [1.165, 1.54) is 5.19 Å². The molecule has 4 unspecified atom stereocenters. The Morgan fingerprint density at radius 3 is 1.56 bits per heavy atom. The molecule has 0 radical (unpaired) electrons. The minimum Gasteiger partial charge on any atom is -0.415 e. The Bertz CT molecular complexity index is 740. The molecular formula is C27H56O3Si4. The topological polar surface area (TPSA) is 27.7 Å². The number of rotatable bonds is 14. The molecule has 0 aliphatic carbocycles. The third-order valence-electron chi connectivity index (χ3n) is 7.53. The molecule has 0 aliphatic heterocycles. The molecule has 0 aliphatic rings. The fraction of sp³-hybridized carbons (Fsp3) is 0.778. The van der Waals surface area contributed by atoms with E-state index < -0.39 is 33.0 Å². The van der Waals surface area contributed by atoms with Gasteiger partial charge in [-0.2, -0.15) is 0 Å². The third kappa shape index (κ3) is 7.98. The molecule has 0 heterocycles. The zero-order chi connectivity index (χ0) is 26.6. The molecule has 1 aromatic carbocycles. The highest BCUT2D eigenvalue weighted by atomic mass is 28.4. The van der Waals surface area contributed by atoms with Crippen LogP contribution in [0.2, 0.25) is 64.0 Å². The number of benzene rings is 1. The second-order valence-electron chi connectivity index (χ2n) is 13.2. The van der Waals surface area contributed by atoms with Gasteiger partial charge in [0.05, 0.1) is 19.9 Å². The van der Waals surface area contributed by atoms with Gasteiger partial charge in [-0.05, 0) is 63.7 Å². The van der Waals surface area contributed by atoms with Crippen molar-refractivity contribution in [3.8, 4) is 0 Å². The number of hydrogen-bond acceptors (Lipinski definition) is 3. The lowest BCUT2D eigenvalue weighted by molar-refractivity contribution is 0.103. The molecule has 3 nitrogen and oxygen atoms in total. The van der Waals surface area contributed by atoms with E-state index in [0.717, 1.165) is 19.3 Å². The van der Waals surface area contributed by atoms with E-state index in [4.69, 9.17) is 13.3 Å². The van der Waals surface area contributed by atoms with E-state index in [0.29, 0.717) is 5.73 Å². The van der Waals surface area contributed by atoms with Crippen molar-refractivity contribution in [3.05, 3.63) is 30.3 Å². The minimum atomic E-state index is -2.42. The molecule has 0 fully saturated rings. The smallest absolute Gasteiger partial charge is 0.229 e. The molecule has 0 saturated heterocycles. The van der Waals surface area contributed by atoms with Crippen LogP contribution in [0.5, 0.6) is 0 Å². The fourth-order valence-corrected chi connectivity index (χ4v) is 17.8. The monoisotopic (exact) mass is 540 g/mol. The van der Waals surface area contributed by atoms with Crippen LogP contribution in [0.25, 0.3) is 0 Å². The lowest BCUT2D eigenvalue weighted by Crippen LogP contribution is -2.65. The average molecular weight is 541 g/mol. The van der Waals surface area contributed by atoms with Crippen molar-refractivity contribution in [1.29, 1.82) is 0 Å². The third-order valence-corrected chi connectivity index (χ3v) is 19.4. The van der Waals surface area contributed by atoms with Gasteiger partial charge in [-0.3, -0.25) is 0 Å². The summed E-state index contributed by atoms with van der Waals surface area (Å²) in [6.07, 6.45) is 3.19. The van der Waals surface area contributed by atoms with Gasteiger partial charge in [0.15, 0.2) is 8.32 Å². The first-order valence-corrected chi connectivity index (χ1v) is 25.8. The summed E-state index contributed by atoms with van der Waals surface area (Å²) in [5, 5.41) is 1.28. The largest absolute Gasteiger partial charge is 0.415 e. The van der Waals surface area contributed by atoms with Gasteiger partial charge in [0.1, 0.15) is 0 Å². The van der Waals surface area contributed by atoms with Crippen molar-refractivity contribution in [1.82, 2.24) is 0 Å². The molecule has 1 rings (SSSR count). The molecule has 0 saturated carbocycles. The van der Waals surface area contributed by atoms with Crippen molar-refractivity contribution in [3.63, 3.8) is 0 Å². The Morgan fingerprint density at radius 2 is 1.18 bits per heavy atom. The molecule has 0 bridgehead atoms. The lowest BCUT2D eigenvalue weighted by Gasteiger charge is -2.51. The highest BCUT2D eigenvalue weighted by molar-refractivity contribution is 6.89. The van der Waals surface area contributed by atoms with Crippen molar-refractivity contribution in [2.75, 3.05) is 0 Å². The van der Waals surface area contributed by atoms with Gasteiger partial charge in [-0.1, -0.05) is 84.6 Å². The van der Waals surface area contributed by atoms with Crippen molar-refractivity contribution >= 4 is 38.2 Å². The van der Waals surface area contributed by atoms with Crippen LogP contribution in [0.15, 0.2) is 30.3 Å². The van der Waals surface area contributed by atoms with E-state index in [9.17, 15) is 0 Å². The summed E-state index contributed by atoms with van der Waals surface area (Å²) in [6.45, 7) is 33.0. The second-order valence-corrected chi connectivity index (χ2v) is 31.3. The highest BCUT2D eigenvalue weighted by Gasteiger charge is 2.55. The first-order valence-electron chi connectivity index (χ1n) is 13.4. The Kier molecular flexibility index (Phi) is 11.3. The summed E-state index contributed by atoms with van der Waals surface area (Å²) in [4.78, 5) is 0. The average Bonchev–Trinajstić information content (AvgIpc) is 2.72. The van der Waals surface area contributed by atoms with Gasteiger partial charge in [0.25, 0.3) is 0 Å². The van der Waals surface area contributed by atoms with Gasteiger partial charge < -0.3 is 13.3 Å². The molecule has 34 heavy (non-hydrogen) atoms. The Morgan fingerprint density at radius 1 is 0.676 bits per heavy atom. The van der Waals surface area contributed by atoms with Crippen LogP contribution < -0.4 is 5.19 Å². The van der Waals surface area contributed by atoms with Crippen LogP contribution in [0.3, 0.4) is 0 Å². The zero-order valence-electron chi connectivity index (χ0n) is 25.0. The summed E-state index contributed by atoms with van der Waals surface area (Å²) in [5.41, 5.74) is 0.560. The predicted octanol–water partition coefficient (Wildman–Crippen LogP) is 8.09. The maximum atomic E-state index is 7.38. The summed E-state index contributed by atoms with van der Waals surface area (Å²) >= 11 is 0.